The molecule has 1 N–H and O–H groups in total. The van der Waals surface area contributed by atoms with Gasteiger partial charge in [-0.15, -0.1) is 11.3 Å². The molecule has 4 nitrogen and oxygen atoms in total. The molecule has 0 fully saturated rings. The first-order valence-corrected chi connectivity index (χ1v) is 13.2. The van der Waals surface area contributed by atoms with Crippen molar-refractivity contribution in [3.05, 3.63) is 64.0 Å². The minimum atomic E-state index is -1.19. The summed E-state index contributed by atoms with van der Waals surface area (Å²) in [6.45, 7) is 3.25. The van der Waals surface area contributed by atoms with Gasteiger partial charge in [0.25, 0.3) is 0 Å². The van der Waals surface area contributed by atoms with Gasteiger partial charge in [0, 0.05) is 27.5 Å². The number of hydrogen-bond donors (Lipinski definition) is 1. The Morgan fingerprint density at radius 1 is 1.12 bits per heavy atom. The molecule has 0 bridgehead atoms. The van der Waals surface area contributed by atoms with Gasteiger partial charge in [-0.1, -0.05) is 51.2 Å². The van der Waals surface area contributed by atoms with Crippen LogP contribution in [0, 0.1) is 11.3 Å². The molecule has 0 unspecified atom stereocenters. The topological polar surface area (TPSA) is 64.3 Å². The van der Waals surface area contributed by atoms with Gasteiger partial charge in [-0.25, -0.2) is 4.79 Å². The molecule has 34 heavy (non-hydrogen) atoms. The zero-order chi connectivity index (χ0) is 23.9. The number of nitriles is 1. The Hall–Kier alpha value is -3.10. The maximum atomic E-state index is 11.2. The number of fused-ring (bicyclic) bond motifs is 2. The van der Waals surface area contributed by atoms with Crippen molar-refractivity contribution in [3.63, 3.8) is 0 Å². The third-order valence-electron chi connectivity index (χ3n) is 6.56. The van der Waals surface area contributed by atoms with Crippen LogP contribution in [0.2, 0.25) is 0 Å². The summed E-state index contributed by atoms with van der Waals surface area (Å²) >= 11 is 1.53. The number of carboxylic acids is 1. The van der Waals surface area contributed by atoms with Crippen molar-refractivity contribution >= 4 is 44.8 Å². The molecular weight excluding hydrogens is 440 g/mol. The number of unbranched alkanes of at least 4 members (excludes halogenated alkanes) is 5. The highest BCUT2D eigenvalue weighted by atomic mass is 32.1. The summed E-state index contributed by atoms with van der Waals surface area (Å²) in [5, 5.41) is 19.3. The minimum absolute atomic E-state index is 0.237. The van der Waals surface area contributed by atoms with Crippen LogP contribution in [-0.4, -0.2) is 17.6 Å². The lowest BCUT2D eigenvalue weighted by Crippen LogP contribution is -2.24. The number of aliphatic carboxylic acids is 1. The second kappa shape index (κ2) is 11.4. The molecule has 0 atom stereocenters. The number of aryl methyl sites for hydroxylation is 2. The van der Waals surface area contributed by atoms with Crippen LogP contribution in [0.25, 0.3) is 16.2 Å². The Morgan fingerprint density at radius 2 is 1.88 bits per heavy atom. The lowest BCUT2D eigenvalue weighted by Gasteiger charge is -2.31. The third-order valence-corrected chi connectivity index (χ3v) is 7.60. The highest BCUT2D eigenvalue weighted by Gasteiger charge is 2.20. The molecule has 3 aromatic rings. The number of carboxylic acid groups (broad SMARTS) is 1. The first-order chi connectivity index (χ1) is 16.6. The largest absolute Gasteiger partial charge is 0.477 e. The minimum Gasteiger partial charge on any atom is -0.477 e. The number of anilines is 2. The van der Waals surface area contributed by atoms with Crippen molar-refractivity contribution in [2.24, 2.45) is 0 Å². The van der Waals surface area contributed by atoms with Gasteiger partial charge in [-0.05, 0) is 78.6 Å². The van der Waals surface area contributed by atoms with E-state index in [2.05, 4.69) is 48.2 Å². The Morgan fingerprint density at radius 3 is 2.62 bits per heavy atom. The standard InChI is InChI=1S/C29H32N2O2S/c1-2-3-4-5-6-7-9-21-11-13-25(14-12-21)31-15-8-10-22-16-23-17-26(18-24(20-30)29(32)33)34-28(23)19-27(22)31/h11-14,16-19H,2-10,15H2,1H3,(H,32,33)/b24-18+. The number of benzene rings is 2. The number of thiophene rings is 1. The zero-order valence-corrected chi connectivity index (χ0v) is 20.7. The van der Waals surface area contributed by atoms with Gasteiger partial charge < -0.3 is 10.0 Å². The average molecular weight is 473 g/mol. The number of rotatable bonds is 10. The first kappa shape index (κ1) is 24.0. The molecule has 1 aromatic heterocycles. The van der Waals surface area contributed by atoms with Crippen molar-refractivity contribution in [2.75, 3.05) is 11.4 Å². The van der Waals surface area contributed by atoms with E-state index in [0.29, 0.717) is 0 Å². The summed E-state index contributed by atoms with van der Waals surface area (Å²) in [5.74, 6) is -1.19. The molecule has 1 aliphatic rings. The van der Waals surface area contributed by atoms with E-state index in [-0.39, 0.29) is 5.57 Å². The maximum absolute atomic E-state index is 11.2. The van der Waals surface area contributed by atoms with Crippen molar-refractivity contribution in [1.29, 1.82) is 5.26 Å². The van der Waals surface area contributed by atoms with E-state index < -0.39 is 5.97 Å². The summed E-state index contributed by atoms with van der Waals surface area (Å²) in [4.78, 5) is 14.4. The number of nitrogens with zero attached hydrogens (tertiary/aromatic N) is 2. The van der Waals surface area contributed by atoms with Gasteiger partial charge in [-0.3, -0.25) is 0 Å². The summed E-state index contributed by atoms with van der Waals surface area (Å²) < 4.78 is 1.11. The van der Waals surface area contributed by atoms with Crippen LogP contribution >= 0.6 is 11.3 Å². The molecular formula is C29H32N2O2S. The van der Waals surface area contributed by atoms with Crippen molar-refractivity contribution < 1.29 is 9.90 Å². The predicted octanol–water partition coefficient (Wildman–Crippen LogP) is 7.88. The van der Waals surface area contributed by atoms with Crippen molar-refractivity contribution in [3.8, 4) is 6.07 Å². The van der Waals surface area contributed by atoms with E-state index in [1.165, 1.54) is 78.4 Å². The molecule has 0 saturated carbocycles. The van der Waals surface area contributed by atoms with Gasteiger partial charge >= 0.3 is 5.97 Å². The second-order valence-corrected chi connectivity index (χ2v) is 10.2. The lowest BCUT2D eigenvalue weighted by molar-refractivity contribution is -0.132. The van der Waals surface area contributed by atoms with Crippen LogP contribution in [-0.2, 0) is 17.6 Å². The fourth-order valence-corrected chi connectivity index (χ4v) is 5.74. The summed E-state index contributed by atoms with van der Waals surface area (Å²) in [6, 6.07) is 17.3. The molecule has 176 valence electrons. The van der Waals surface area contributed by atoms with Gasteiger partial charge in [0.2, 0.25) is 0 Å². The summed E-state index contributed by atoms with van der Waals surface area (Å²) in [6.07, 6.45) is 12.7. The van der Waals surface area contributed by atoms with Crippen LogP contribution in [0.4, 0.5) is 11.4 Å². The van der Waals surface area contributed by atoms with Crippen LogP contribution in [0.15, 0.2) is 48.0 Å². The predicted molar refractivity (Wildman–Crippen MR) is 142 cm³/mol. The van der Waals surface area contributed by atoms with E-state index >= 15 is 0 Å². The second-order valence-electron chi connectivity index (χ2n) is 9.08. The van der Waals surface area contributed by atoms with Gasteiger partial charge in [0.05, 0.1) is 0 Å². The smallest absolute Gasteiger partial charge is 0.346 e. The summed E-state index contributed by atoms with van der Waals surface area (Å²) in [5.41, 5.74) is 4.95. The Kier molecular flexibility index (Phi) is 8.03. The van der Waals surface area contributed by atoms with Crippen LogP contribution in [0.1, 0.15) is 67.9 Å². The Balaban J connectivity index is 1.50. The molecule has 1 aliphatic heterocycles. The van der Waals surface area contributed by atoms with Gasteiger partial charge in [0.15, 0.2) is 0 Å². The number of hydrogen-bond acceptors (Lipinski definition) is 4. The molecule has 2 heterocycles. The fraction of sp³-hybridized carbons (Fsp3) is 0.379. The SMILES string of the molecule is CCCCCCCCc1ccc(N2CCCc3cc4cc(/C=C(\C#N)C(=O)O)sc4cc32)cc1. The third kappa shape index (κ3) is 5.69. The van der Waals surface area contributed by atoms with Crippen molar-refractivity contribution in [1.82, 2.24) is 0 Å². The Bertz CT molecular complexity index is 1220. The van der Waals surface area contributed by atoms with Crippen LogP contribution in [0.3, 0.4) is 0 Å². The average Bonchev–Trinajstić information content (AvgIpc) is 3.24. The molecule has 0 spiro atoms. The molecule has 0 amide bonds. The number of carbonyl (C=O) groups is 1. The molecule has 4 rings (SSSR count). The maximum Gasteiger partial charge on any atom is 0.346 e. The van der Waals surface area contributed by atoms with Gasteiger partial charge in [0.1, 0.15) is 11.6 Å². The lowest BCUT2D eigenvalue weighted by atomic mass is 9.99. The first-order valence-electron chi connectivity index (χ1n) is 12.4. The monoisotopic (exact) mass is 472 g/mol. The van der Waals surface area contributed by atoms with Crippen LogP contribution < -0.4 is 4.90 Å². The van der Waals surface area contributed by atoms with Gasteiger partial charge in [-0.2, -0.15) is 5.26 Å². The highest BCUT2D eigenvalue weighted by molar-refractivity contribution is 7.19. The van der Waals surface area contributed by atoms with Crippen molar-refractivity contribution in [2.45, 2.75) is 64.7 Å². The van der Waals surface area contributed by atoms with E-state index in [4.69, 9.17) is 10.4 Å². The van der Waals surface area contributed by atoms with E-state index in [0.717, 1.165) is 40.8 Å². The zero-order valence-electron chi connectivity index (χ0n) is 19.8. The molecule has 0 radical (unpaired) electrons. The quantitative estimate of drug-likeness (QED) is 0.185. The normalized spacial score (nSPS) is 13.6. The van der Waals surface area contributed by atoms with E-state index in [1.54, 1.807) is 6.07 Å². The molecule has 0 saturated heterocycles. The fourth-order valence-electron chi connectivity index (χ4n) is 4.72. The van der Waals surface area contributed by atoms with E-state index in [9.17, 15) is 4.79 Å². The van der Waals surface area contributed by atoms with E-state index in [1.807, 2.05) is 6.07 Å². The highest BCUT2D eigenvalue weighted by Crippen LogP contribution is 2.39. The summed E-state index contributed by atoms with van der Waals surface area (Å²) in [7, 11) is 0. The molecule has 2 aromatic carbocycles. The van der Waals surface area contributed by atoms with Crippen LogP contribution in [0.5, 0.6) is 0 Å². The Labute approximate surface area is 206 Å². The molecule has 0 aliphatic carbocycles. The molecule has 5 heteroatoms.